The van der Waals surface area contributed by atoms with E-state index in [0.717, 1.165) is 28.8 Å². The first-order chi connectivity index (χ1) is 9.74. The van der Waals surface area contributed by atoms with Gasteiger partial charge in [0.25, 0.3) is 0 Å². The third-order valence-electron chi connectivity index (χ3n) is 3.20. The molecule has 2 heterocycles. The van der Waals surface area contributed by atoms with Crippen molar-refractivity contribution < 1.29 is 4.74 Å². The van der Waals surface area contributed by atoms with Crippen LogP contribution >= 0.6 is 11.8 Å². The highest BCUT2D eigenvalue weighted by Gasteiger charge is 2.19. The molecule has 1 N–H and O–H groups in total. The zero-order valence-electron chi connectivity index (χ0n) is 10.9. The third kappa shape index (κ3) is 1.96. The molecule has 1 aliphatic rings. The van der Waals surface area contributed by atoms with Gasteiger partial charge in [0.1, 0.15) is 22.9 Å². The molecular formula is C14H12N4OS. The number of hydrogen-bond acceptors (Lipinski definition) is 5. The summed E-state index contributed by atoms with van der Waals surface area (Å²) < 4.78 is 6.92. The van der Waals surface area contributed by atoms with Gasteiger partial charge in [-0.1, -0.05) is 11.8 Å². The predicted octanol–water partition coefficient (Wildman–Crippen LogP) is 2.02. The molecule has 0 spiro atoms. The molecule has 0 fully saturated rings. The Morgan fingerprint density at radius 2 is 2.15 bits per heavy atom. The van der Waals surface area contributed by atoms with E-state index in [1.54, 1.807) is 23.4 Å². The number of thioether (sulfide) groups is 1. The summed E-state index contributed by atoms with van der Waals surface area (Å²) >= 11 is 1.62. The molecule has 1 aromatic heterocycles. The van der Waals surface area contributed by atoms with E-state index in [-0.39, 0.29) is 5.49 Å². The van der Waals surface area contributed by atoms with Crippen molar-refractivity contribution in [2.24, 2.45) is 0 Å². The lowest BCUT2D eigenvalue weighted by molar-refractivity contribution is 0.415. The third-order valence-corrected chi connectivity index (χ3v) is 4.16. The summed E-state index contributed by atoms with van der Waals surface area (Å²) in [6.45, 7) is 0.739. The lowest BCUT2D eigenvalue weighted by Gasteiger charge is -2.09. The van der Waals surface area contributed by atoms with Crippen LogP contribution in [0, 0.1) is 16.7 Å². The van der Waals surface area contributed by atoms with E-state index in [9.17, 15) is 5.26 Å². The SMILES string of the molecule is COc1ccc(-c2nc3n(c(=N)c2C#N)CCS3)cc1. The van der Waals surface area contributed by atoms with E-state index < -0.39 is 0 Å². The number of nitrogens with one attached hydrogen (secondary N) is 1. The van der Waals surface area contributed by atoms with Gasteiger partial charge in [0.15, 0.2) is 5.16 Å². The van der Waals surface area contributed by atoms with Crippen LogP contribution in [0.4, 0.5) is 0 Å². The molecule has 1 aliphatic heterocycles. The molecule has 0 unspecified atom stereocenters. The number of nitrogens with zero attached hydrogens (tertiary/aromatic N) is 3. The molecule has 0 aliphatic carbocycles. The van der Waals surface area contributed by atoms with Crippen LogP contribution in [-0.2, 0) is 6.54 Å². The molecule has 0 bridgehead atoms. The van der Waals surface area contributed by atoms with Crippen LogP contribution in [0.25, 0.3) is 11.3 Å². The second kappa shape index (κ2) is 5.02. The summed E-state index contributed by atoms with van der Waals surface area (Å²) in [7, 11) is 1.61. The monoisotopic (exact) mass is 284 g/mol. The van der Waals surface area contributed by atoms with Crippen LogP contribution in [0.15, 0.2) is 29.4 Å². The summed E-state index contributed by atoms with van der Waals surface area (Å²) in [6, 6.07) is 9.49. The Balaban J connectivity index is 2.20. The lowest BCUT2D eigenvalue weighted by atomic mass is 10.1. The number of ether oxygens (including phenoxy) is 1. The van der Waals surface area contributed by atoms with Gasteiger partial charge >= 0.3 is 0 Å². The normalized spacial score (nSPS) is 12.8. The Bertz CT molecular complexity index is 758. The molecule has 1 aromatic carbocycles. The van der Waals surface area contributed by atoms with Crippen LogP contribution in [0.2, 0.25) is 0 Å². The highest BCUT2D eigenvalue weighted by Crippen LogP contribution is 2.27. The average Bonchev–Trinajstić information content (AvgIpc) is 2.96. The standard InChI is InChI=1S/C14H12N4OS/c1-19-10-4-2-9(3-5-10)12-11(8-15)13(16)18-6-7-20-14(18)17-12/h2-5,16H,6-7H2,1H3. The van der Waals surface area contributed by atoms with Crippen molar-refractivity contribution in [2.75, 3.05) is 12.9 Å². The zero-order valence-corrected chi connectivity index (χ0v) is 11.7. The first-order valence-electron chi connectivity index (χ1n) is 6.11. The Hall–Kier alpha value is -2.26. The van der Waals surface area contributed by atoms with Gasteiger partial charge in [-0.2, -0.15) is 5.26 Å². The number of methoxy groups -OCH3 is 1. The van der Waals surface area contributed by atoms with Crippen molar-refractivity contribution >= 4 is 11.8 Å². The Labute approximate surface area is 120 Å². The van der Waals surface area contributed by atoms with Gasteiger partial charge in [0, 0.05) is 17.9 Å². The summed E-state index contributed by atoms with van der Waals surface area (Å²) in [5.41, 5.74) is 1.96. The van der Waals surface area contributed by atoms with Crippen molar-refractivity contribution in [1.29, 1.82) is 10.7 Å². The van der Waals surface area contributed by atoms with E-state index in [4.69, 9.17) is 10.1 Å². The minimum Gasteiger partial charge on any atom is -0.497 e. The smallest absolute Gasteiger partial charge is 0.170 e. The van der Waals surface area contributed by atoms with Crippen molar-refractivity contribution in [3.63, 3.8) is 0 Å². The molecule has 6 heteroatoms. The zero-order chi connectivity index (χ0) is 14.1. The first kappa shape index (κ1) is 12.8. The van der Waals surface area contributed by atoms with Gasteiger partial charge in [-0.15, -0.1) is 0 Å². The maximum absolute atomic E-state index is 9.34. The Morgan fingerprint density at radius 3 is 2.80 bits per heavy atom. The maximum Gasteiger partial charge on any atom is 0.170 e. The number of nitriles is 1. The fourth-order valence-electron chi connectivity index (χ4n) is 2.16. The molecule has 0 amide bonds. The number of rotatable bonds is 2. The van der Waals surface area contributed by atoms with Crippen LogP contribution in [-0.4, -0.2) is 22.4 Å². The molecule has 5 nitrogen and oxygen atoms in total. The number of fused-ring (bicyclic) bond motifs is 1. The van der Waals surface area contributed by atoms with Gasteiger partial charge < -0.3 is 9.30 Å². The van der Waals surface area contributed by atoms with Gasteiger partial charge in [0.2, 0.25) is 0 Å². The average molecular weight is 284 g/mol. The second-order valence-corrected chi connectivity index (χ2v) is 5.37. The van der Waals surface area contributed by atoms with Gasteiger partial charge in [-0.05, 0) is 24.3 Å². The number of hydrogen-bond donors (Lipinski definition) is 1. The molecule has 100 valence electrons. The van der Waals surface area contributed by atoms with Gasteiger partial charge in [-0.3, -0.25) is 5.41 Å². The number of benzene rings is 1. The fourth-order valence-corrected chi connectivity index (χ4v) is 3.11. The Morgan fingerprint density at radius 1 is 1.40 bits per heavy atom. The molecule has 0 saturated heterocycles. The van der Waals surface area contributed by atoms with Crippen molar-refractivity contribution in [3.05, 3.63) is 35.3 Å². The van der Waals surface area contributed by atoms with Crippen LogP contribution in [0.3, 0.4) is 0 Å². The molecule has 0 radical (unpaired) electrons. The van der Waals surface area contributed by atoms with Crippen molar-refractivity contribution in [3.8, 4) is 23.1 Å². The van der Waals surface area contributed by atoms with E-state index in [1.165, 1.54) is 0 Å². The van der Waals surface area contributed by atoms with E-state index in [0.29, 0.717) is 11.3 Å². The molecule has 2 aromatic rings. The number of aromatic nitrogens is 2. The minimum atomic E-state index is 0.244. The van der Waals surface area contributed by atoms with Crippen LogP contribution < -0.4 is 10.2 Å². The van der Waals surface area contributed by atoms with Crippen LogP contribution in [0.1, 0.15) is 5.56 Å². The molecule has 0 saturated carbocycles. The van der Waals surface area contributed by atoms with E-state index in [1.807, 2.05) is 24.3 Å². The maximum atomic E-state index is 9.34. The van der Waals surface area contributed by atoms with Gasteiger partial charge in [0.05, 0.1) is 12.8 Å². The largest absolute Gasteiger partial charge is 0.497 e. The summed E-state index contributed by atoms with van der Waals surface area (Å²) in [4.78, 5) is 4.55. The highest BCUT2D eigenvalue weighted by molar-refractivity contribution is 7.99. The topological polar surface area (TPSA) is 74.7 Å². The fraction of sp³-hybridized carbons (Fsp3) is 0.214. The van der Waals surface area contributed by atoms with Crippen molar-refractivity contribution in [1.82, 2.24) is 9.55 Å². The molecular weight excluding hydrogens is 272 g/mol. The van der Waals surface area contributed by atoms with Crippen molar-refractivity contribution in [2.45, 2.75) is 11.7 Å². The quantitative estimate of drug-likeness (QED) is 0.856. The summed E-state index contributed by atoms with van der Waals surface area (Å²) in [5, 5.41) is 18.3. The molecule has 3 rings (SSSR count). The molecule has 0 atom stereocenters. The molecule has 20 heavy (non-hydrogen) atoms. The van der Waals surface area contributed by atoms with Gasteiger partial charge in [-0.25, -0.2) is 4.98 Å². The van der Waals surface area contributed by atoms with Crippen LogP contribution in [0.5, 0.6) is 5.75 Å². The highest BCUT2D eigenvalue weighted by atomic mass is 32.2. The second-order valence-electron chi connectivity index (χ2n) is 4.31. The summed E-state index contributed by atoms with van der Waals surface area (Å²) in [5.74, 6) is 1.65. The van der Waals surface area contributed by atoms with E-state index >= 15 is 0 Å². The minimum absolute atomic E-state index is 0.244. The first-order valence-corrected chi connectivity index (χ1v) is 7.10. The van der Waals surface area contributed by atoms with E-state index in [2.05, 4.69) is 11.1 Å². The predicted molar refractivity (Wildman–Crippen MR) is 75.5 cm³/mol. The summed E-state index contributed by atoms with van der Waals surface area (Å²) in [6.07, 6.45) is 0. The lowest BCUT2D eigenvalue weighted by Crippen LogP contribution is -2.24. The Kier molecular flexibility index (Phi) is 3.20.